The van der Waals surface area contributed by atoms with Crippen LogP contribution < -0.4 is 5.32 Å². The topological polar surface area (TPSA) is 75.7 Å². The van der Waals surface area contributed by atoms with Crippen LogP contribution in [0.4, 0.5) is 4.39 Å². The van der Waals surface area contributed by atoms with Gasteiger partial charge in [-0.25, -0.2) is 12.8 Å². The van der Waals surface area contributed by atoms with Crippen LogP contribution in [-0.4, -0.2) is 44.9 Å². The molecule has 2 aromatic carbocycles. The third-order valence-electron chi connectivity index (χ3n) is 5.08. The number of piperidine rings is 1. The molecule has 6 nitrogen and oxygen atoms in total. The minimum Gasteiger partial charge on any atom is -0.377 e. The first-order chi connectivity index (χ1) is 14.5. The van der Waals surface area contributed by atoms with Gasteiger partial charge in [0.1, 0.15) is 5.82 Å². The van der Waals surface area contributed by atoms with Crippen molar-refractivity contribution in [1.29, 1.82) is 0 Å². The summed E-state index contributed by atoms with van der Waals surface area (Å²) in [4.78, 5) is 12.5. The molecule has 0 bridgehead atoms. The molecule has 1 aliphatic rings. The first kappa shape index (κ1) is 22.4. The van der Waals surface area contributed by atoms with Gasteiger partial charge in [0, 0.05) is 26.2 Å². The molecule has 1 N–H and O–H groups in total. The summed E-state index contributed by atoms with van der Waals surface area (Å²) in [5, 5.41) is 2.88. The number of halogens is 1. The van der Waals surface area contributed by atoms with Crippen LogP contribution in [0.25, 0.3) is 0 Å². The van der Waals surface area contributed by atoms with Crippen molar-refractivity contribution in [2.75, 3.05) is 26.2 Å². The van der Waals surface area contributed by atoms with Gasteiger partial charge in [-0.05, 0) is 49.1 Å². The Morgan fingerprint density at radius 3 is 2.60 bits per heavy atom. The normalized spacial score (nSPS) is 17.6. The monoisotopic (exact) mass is 434 g/mol. The molecule has 1 atom stereocenters. The average Bonchev–Trinajstić information content (AvgIpc) is 2.77. The van der Waals surface area contributed by atoms with Crippen LogP contribution in [-0.2, 0) is 26.2 Å². The van der Waals surface area contributed by atoms with E-state index in [0.717, 1.165) is 17.7 Å². The Hall–Kier alpha value is -2.29. The van der Waals surface area contributed by atoms with Crippen molar-refractivity contribution in [3.63, 3.8) is 0 Å². The highest BCUT2D eigenvalue weighted by Crippen LogP contribution is 2.24. The van der Waals surface area contributed by atoms with E-state index in [-0.39, 0.29) is 23.3 Å². The van der Waals surface area contributed by atoms with E-state index in [2.05, 4.69) is 5.32 Å². The minimum atomic E-state index is -3.74. The molecule has 30 heavy (non-hydrogen) atoms. The van der Waals surface area contributed by atoms with Gasteiger partial charge in [-0.15, -0.1) is 0 Å². The number of hydrogen-bond donors (Lipinski definition) is 1. The zero-order valence-electron chi connectivity index (χ0n) is 16.8. The van der Waals surface area contributed by atoms with Crippen molar-refractivity contribution in [2.24, 2.45) is 5.92 Å². The lowest BCUT2D eigenvalue weighted by Gasteiger charge is -2.31. The van der Waals surface area contributed by atoms with E-state index in [1.165, 1.54) is 16.4 Å². The Labute approximate surface area is 177 Å². The van der Waals surface area contributed by atoms with E-state index in [4.69, 9.17) is 4.74 Å². The van der Waals surface area contributed by atoms with Crippen LogP contribution in [0.2, 0.25) is 0 Å². The second-order valence-corrected chi connectivity index (χ2v) is 9.28. The molecule has 1 saturated heterocycles. The third kappa shape index (κ3) is 6.10. The van der Waals surface area contributed by atoms with Crippen molar-refractivity contribution >= 4 is 15.9 Å². The molecule has 1 heterocycles. The van der Waals surface area contributed by atoms with Crippen molar-refractivity contribution in [3.05, 3.63) is 66.0 Å². The van der Waals surface area contributed by atoms with Gasteiger partial charge in [-0.3, -0.25) is 4.79 Å². The molecule has 3 rings (SSSR count). The summed E-state index contributed by atoms with van der Waals surface area (Å²) in [5.74, 6) is -1.02. The van der Waals surface area contributed by atoms with Crippen LogP contribution in [0.3, 0.4) is 0 Å². The molecule has 2 aromatic rings. The zero-order valence-corrected chi connectivity index (χ0v) is 17.6. The standard InChI is InChI=1S/C22H27FN2O4S/c23-20-9-11-21(12-10-20)30(27,28)25-14-4-8-19(16-25)22(26)24-13-5-15-29-17-18-6-2-1-3-7-18/h1-3,6-7,9-12,19H,4-5,8,13-17H2,(H,24,26)/t19-/m0/s1. The number of sulfonamides is 1. The summed E-state index contributed by atoms with van der Waals surface area (Å²) in [6.07, 6.45) is 1.94. The second kappa shape index (κ2) is 10.7. The summed E-state index contributed by atoms with van der Waals surface area (Å²) in [6.45, 7) is 2.04. The third-order valence-corrected chi connectivity index (χ3v) is 6.96. The van der Waals surface area contributed by atoms with Gasteiger partial charge in [0.2, 0.25) is 15.9 Å². The molecule has 0 radical (unpaired) electrons. The van der Waals surface area contributed by atoms with Gasteiger partial charge in [-0.2, -0.15) is 4.31 Å². The van der Waals surface area contributed by atoms with Crippen LogP contribution in [0.5, 0.6) is 0 Å². The SMILES string of the molecule is O=C(NCCCOCc1ccccc1)[C@H]1CCCN(S(=O)(=O)c2ccc(F)cc2)C1. The highest BCUT2D eigenvalue weighted by atomic mass is 32.2. The van der Waals surface area contributed by atoms with Gasteiger partial charge in [0.15, 0.2) is 0 Å². The van der Waals surface area contributed by atoms with Crippen molar-refractivity contribution in [2.45, 2.75) is 30.8 Å². The van der Waals surface area contributed by atoms with E-state index in [0.29, 0.717) is 45.6 Å². The highest BCUT2D eigenvalue weighted by molar-refractivity contribution is 7.89. The van der Waals surface area contributed by atoms with Gasteiger partial charge in [-0.1, -0.05) is 30.3 Å². The Kier molecular flexibility index (Phi) is 7.95. The molecular weight excluding hydrogens is 407 g/mol. The zero-order chi connectivity index (χ0) is 21.4. The smallest absolute Gasteiger partial charge is 0.243 e. The molecule has 1 aliphatic heterocycles. The van der Waals surface area contributed by atoms with Gasteiger partial charge >= 0.3 is 0 Å². The quantitative estimate of drug-likeness (QED) is 0.616. The molecule has 0 unspecified atom stereocenters. The van der Waals surface area contributed by atoms with Crippen molar-refractivity contribution in [1.82, 2.24) is 9.62 Å². The van der Waals surface area contributed by atoms with E-state index < -0.39 is 15.8 Å². The average molecular weight is 435 g/mol. The largest absolute Gasteiger partial charge is 0.377 e. The molecule has 0 aliphatic carbocycles. The Balaban J connectivity index is 1.42. The first-order valence-electron chi connectivity index (χ1n) is 10.1. The van der Waals surface area contributed by atoms with Crippen molar-refractivity contribution in [3.8, 4) is 0 Å². The molecule has 0 spiro atoms. The number of nitrogens with one attached hydrogen (secondary N) is 1. The molecule has 8 heteroatoms. The predicted molar refractivity (Wildman–Crippen MR) is 112 cm³/mol. The number of amides is 1. The van der Waals surface area contributed by atoms with Gasteiger partial charge in [0.25, 0.3) is 0 Å². The number of carbonyl (C=O) groups excluding carboxylic acids is 1. The summed E-state index contributed by atoms with van der Waals surface area (Å²) in [6, 6.07) is 14.6. The van der Waals surface area contributed by atoms with E-state index in [1.807, 2.05) is 30.3 Å². The highest BCUT2D eigenvalue weighted by Gasteiger charge is 2.33. The molecule has 1 amide bonds. The number of carbonyl (C=O) groups is 1. The lowest BCUT2D eigenvalue weighted by molar-refractivity contribution is -0.126. The fourth-order valence-corrected chi connectivity index (χ4v) is 4.95. The Morgan fingerprint density at radius 1 is 1.13 bits per heavy atom. The molecular formula is C22H27FN2O4S. The maximum atomic E-state index is 13.1. The molecule has 162 valence electrons. The summed E-state index contributed by atoms with van der Waals surface area (Å²) >= 11 is 0. The van der Waals surface area contributed by atoms with E-state index in [1.54, 1.807) is 0 Å². The minimum absolute atomic E-state index is 0.0422. The summed E-state index contributed by atoms with van der Waals surface area (Å²) < 4.78 is 45.6. The van der Waals surface area contributed by atoms with E-state index in [9.17, 15) is 17.6 Å². The number of benzene rings is 2. The van der Waals surface area contributed by atoms with E-state index >= 15 is 0 Å². The Morgan fingerprint density at radius 2 is 1.87 bits per heavy atom. The number of nitrogens with zero attached hydrogens (tertiary/aromatic N) is 1. The van der Waals surface area contributed by atoms with Crippen molar-refractivity contribution < 1.29 is 22.3 Å². The van der Waals surface area contributed by atoms with Gasteiger partial charge in [0.05, 0.1) is 17.4 Å². The lowest BCUT2D eigenvalue weighted by atomic mass is 9.99. The predicted octanol–water partition coefficient (Wildman–Crippen LogP) is 2.95. The molecule has 0 saturated carbocycles. The maximum Gasteiger partial charge on any atom is 0.243 e. The van der Waals surface area contributed by atoms with Crippen LogP contribution in [0, 0.1) is 11.7 Å². The second-order valence-electron chi connectivity index (χ2n) is 7.34. The Bertz CT molecular complexity index is 920. The van der Waals surface area contributed by atoms with Crippen LogP contribution in [0.1, 0.15) is 24.8 Å². The van der Waals surface area contributed by atoms with Crippen LogP contribution in [0.15, 0.2) is 59.5 Å². The maximum absolute atomic E-state index is 13.1. The molecule has 1 fully saturated rings. The van der Waals surface area contributed by atoms with Gasteiger partial charge < -0.3 is 10.1 Å². The first-order valence-corrected chi connectivity index (χ1v) is 11.6. The number of ether oxygens (including phenoxy) is 1. The lowest BCUT2D eigenvalue weighted by Crippen LogP contribution is -2.45. The fourth-order valence-electron chi connectivity index (χ4n) is 3.42. The number of rotatable bonds is 9. The summed E-state index contributed by atoms with van der Waals surface area (Å²) in [5.41, 5.74) is 1.10. The van der Waals surface area contributed by atoms with Crippen LogP contribution >= 0.6 is 0 Å². The molecule has 0 aromatic heterocycles. The number of hydrogen-bond acceptors (Lipinski definition) is 4. The fraction of sp³-hybridized carbons (Fsp3) is 0.409. The summed E-state index contributed by atoms with van der Waals surface area (Å²) in [7, 11) is -3.74.